The molecule has 10 heteroatoms. The van der Waals surface area contributed by atoms with Gasteiger partial charge in [-0.3, -0.25) is 14.2 Å². The lowest BCUT2D eigenvalue weighted by atomic mass is 9.97. The van der Waals surface area contributed by atoms with Gasteiger partial charge in [0.05, 0.1) is 36.7 Å². The number of hydrogen-bond acceptors (Lipinski definition) is 8. The Morgan fingerprint density at radius 3 is 2.85 bits per heavy atom. The first-order valence-corrected chi connectivity index (χ1v) is 14.9. The number of ether oxygens (including phenoxy) is 1. The molecule has 202 valence electrons. The van der Waals surface area contributed by atoms with Crippen LogP contribution in [0.5, 0.6) is 5.75 Å². The fourth-order valence-electron chi connectivity index (χ4n) is 5.36. The minimum atomic E-state index is -0.247. The molecule has 4 aromatic heterocycles. The summed E-state index contributed by atoms with van der Waals surface area (Å²) in [6.45, 7) is 0.250. The zero-order valence-corrected chi connectivity index (χ0v) is 23.3. The first-order valence-electron chi connectivity index (χ1n) is 13.1. The van der Waals surface area contributed by atoms with Crippen molar-refractivity contribution < 1.29 is 18.4 Å². The molecule has 0 atom stereocenters. The van der Waals surface area contributed by atoms with Crippen molar-refractivity contribution in [3.63, 3.8) is 0 Å². The molecule has 0 fully saturated rings. The molecule has 8 nitrogen and oxygen atoms in total. The van der Waals surface area contributed by atoms with Gasteiger partial charge in [0.25, 0.3) is 5.56 Å². The SMILES string of the molecule is COc1cc2c(cc1NC(=O)CSc1nc3sc4c(c3c(=O)n1Cc1ccco1)CCCC4)oc1ccccc12. The first kappa shape index (κ1) is 25.0. The summed E-state index contributed by atoms with van der Waals surface area (Å²) >= 11 is 2.83. The molecule has 1 N–H and O–H groups in total. The van der Waals surface area contributed by atoms with Crippen molar-refractivity contribution >= 4 is 66.8 Å². The Labute approximate surface area is 236 Å². The molecule has 2 aromatic carbocycles. The highest BCUT2D eigenvalue weighted by molar-refractivity contribution is 7.99. The summed E-state index contributed by atoms with van der Waals surface area (Å²) in [5, 5.41) is 6.05. The Morgan fingerprint density at radius 2 is 2.00 bits per heavy atom. The normalized spacial score (nSPS) is 13.2. The van der Waals surface area contributed by atoms with E-state index in [0.29, 0.717) is 33.3 Å². The van der Waals surface area contributed by atoms with Gasteiger partial charge >= 0.3 is 0 Å². The summed E-state index contributed by atoms with van der Waals surface area (Å²) in [4.78, 5) is 33.8. The number of rotatable bonds is 7. The Bertz CT molecular complexity index is 1950. The van der Waals surface area contributed by atoms with Crippen LogP contribution in [0.1, 0.15) is 29.0 Å². The highest BCUT2D eigenvalue weighted by atomic mass is 32.2. The van der Waals surface area contributed by atoms with Crippen LogP contribution in [0, 0.1) is 0 Å². The van der Waals surface area contributed by atoms with Crippen molar-refractivity contribution in [3.8, 4) is 5.75 Å². The lowest BCUT2D eigenvalue weighted by Crippen LogP contribution is -2.25. The van der Waals surface area contributed by atoms with Crippen LogP contribution in [0.3, 0.4) is 0 Å². The van der Waals surface area contributed by atoms with Gasteiger partial charge in [-0.05, 0) is 55.5 Å². The number of anilines is 1. The number of hydrogen-bond donors (Lipinski definition) is 1. The lowest BCUT2D eigenvalue weighted by molar-refractivity contribution is -0.113. The van der Waals surface area contributed by atoms with E-state index in [-0.39, 0.29) is 23.8 Å². The molecule has 0 saturated heterocycles. The molecule has 0 aliphatic heterocycles. The van der Waals surface area contributed by atoms with Crippen LogP contribution in [0.4, 0.5) is 5.69 Å². The summed E-state index contributed by atoms with van der Waals surface area (Å²) in [6, 6.07) is 15.1. The number of amides is 1. The van der Waals surface area contributed by atoms with Gasteiger partial charge in [-0.1, -0.05) is 30.0 Å². The summed E-state index contributed by atoms with van der Waals surface area (Å²) < 4.78 is 18.7. The fraction of sp³-hybridized carbons (Fsp3) is 0.233. The van der Waals surface area contributed by atoms with Gasteiger partial charge < -0.3 is 18.9 Å². The molecule has 0 saturated carbocycles. The molecule has 6 aromatic rings. The van der Waals surface area contributed by atoms with E-state index in [1.807, 2.05) is 36.4 Å². The molecule has 40 heavy (non-hydrogen) atoms. The number of aryl methyl sites for hydroxylation is 2. The first-order chi connectivity index (χ1) is 19.6. The summed E-state index contributed by atoms with van der Waals surface area (Å²) in [5.41, 5.74) is 3.00. The highest BCUT2D eigenvalue weighted by Crippen LogP contribution is 2.37. The molecule has 0 bridgehead atoms. The number of fused-ring (bicyclic) bond motifs is 6. The van der Waals surface area contributed by atoms with E-state index in [4.69, 9.17) is 18.6 Å². The van der Waals surface area contributed by atoms with Crippen molar-refractivity contribution in [1.29, 1.82) is 0 Å². The van der Waals surface area contributed by atoms with E-state index >= 15 is 0 Å². The molecule has 1 aliphatic rings. The Balaban J connectivity index is 1.19. The summed E-state index contributed by atoms with van der Waals surface area (Å²) in [7, 11) is 1.57. The van der Waals surface area contributed by atoms with Crippen LogP contribution in [0.15, 0.2) is 73.6 Å². The van der Waals surface area contributed by atoms with Gasteiger partial charge in [0, 0.05) is 21.7 Å². The van der Waals surface area contributed by atoms with E-state index in [2.05, 4.69) is 5.32 Å². The molecular formula is C30H25N3O5S2. The standard InChI is InChI=1S/C30H25N3O5S2/c1-36-24-13-20-18-8-2-4-10-22(18)38-23(20)14-21(24)31-26(34)16-39-30-32-28-27(19-9-3-5-11-25(19)40-28)29(35)33(30)15-17-7-6-12-37-17/h2,4,6-8,10,12-14H,3,5,9,11,15-16H2,1H3,(H,31,34). The number of nitrogens with zero attached hydrogens (tertiary/aromatic N) is 2. The van der Waals surface area contributed by atoms with E-state index < -0.39 is 0 Å². The van der Waals surface area contributed by atoms with Crippen LogP contribution < -0.4 is 15.6 Å². The Morgan fingerprint density at radius 1 is 1.12 bits per heavy atom. The maximum Gasteiger partial charge on any atom is 0.263 e. The Kier molecular flexibility index (Phi) is 6.36. The number of para-hydroxylation sites is 1. The van der Waals surface area contributed by atoms with Gasteiger partial charge in [-0.2, -0.15) is 0 Å². The average molecular weight is 572 g/mol. The topological polar surface area (TPSA) is 99.5 Å². The third-order valence-electron chi connectivity index (χ3n) is 7.24. The van der Waals surface area contributed by atoms with Crippen LogP contribution in [0.25, 0.3) is 32.2 Å². The monoisotopic (exact) mass is 571 g/mol. The number of thiophene rings is 1. The van der Waals surface area contributed by atoms with Gasteiger partial charge in [0.15, 0.2) is 5.16 Å². The van der Waals surface area contributed by atoms with Crippen LogP contribution in [-0.4, -0.2) is 28.3 Å². The molecule has 0 radical (unpaired) electrons. The van der Waals surface area contributed by atoms with Crippen LogP contribution in [0.2, 0.25) is 0 Å². The van der Waals surface area contributed by atoms with Crippen molar-refractivity contribution in [2.45, 2.75) is 37.4 Å². The number of furan rings is 2. The molecule has 0 unspecified atom stereocenters. The quantitative estimate of drug-likeness (QED) is 0.170. The highest BCUT2D eigenvalue weighted by Gasteiger charge is 2.23. The van der Waals surface area contributed by atoms with Gasteiger partial charge in [0.2, 0.25) is 5.91 Å². The van der Waals surface area contributed by atoms with Crippen LogP contribution in [-0.2, 0) is 24.2 Å². The van der Waals surface area contributed by atoms with Gasteiger partial charge in [-0.15, -0.1) is 11.3 Å². The zero-order valence-electron chi connectivity index (χ0n) is 21.7. The number of aromatic nitrogens is 2. The predicted molar refractivity (Wildman–Crippen MR) is 158 cm³/mol. The van der Waals surface area contributed by atoms with E-state index in [9.17, 15) is 9.59 Å². The Hall–Kier alpha value is -4.02. The number of carbonyl (C=O) groups excluding carboxylic acids is 1. The molecule has 4 heterocycles. The number of methoxy groups -OCH3 is 1. The summed E-state index contributed by atoms with van der Waals surface area (Å²) in [6.07, 6.45) is 5.68. The second kappa shape index (κ2) is 10.2. The molecular weight excluding hydrogens is 546 g/mol. The number of carbonyl (C=O) groups is 1. The summed E-state index contributed by atoms with van der Waals surface area (Å²) in [5.74, 6) is 1.00. The second-order valence-corrected chi connectivity index (χ2v) is 11.8. The zero-order chi connectivity index (χ0) is 27.2. The predicted octanol–water partition coefficient (Wildman–Crippen LogP) is 6.62. The van der Waals surface area contributed by atoms with Crippen molar-refractivity contribution in [2.24, 2.45) is 0 Å². The number of thioether (sulfide) groups is 1. The molecule has 1 amide bonds. The molecule has 1 aliphatic carbocycles. The smallest absolute Gasteiger partial charge is 0.263 e. The van der Waals surface area contributed by atoms with Crippen molar-refractivity contribution in [3.05, 3.63) is 81.3 Å². The van der Waals surface area contributed by atoms with Crippen molar-refractivity contribution in [2.75, 3.05) is 18.2 Å². The number of nitrogens with one attached hydrogen (secondary N) is 1. The molecule has 0 spiro atoms. The average Bonchev–Trinajstić information content (AvgIpc) is 3.70. The third kappa shape index (κ3) is 4.37. The second-order valence-electron chi connectivity index (χ2n) is 9.74. The van der Waals surface area contributed by atoms with Gasteiger partial charge in [-0.25, -0.2) is 4.98 Å². The fourth-order valence-corrected chi connectivity index (χ4v) is 7.46. The van der Waals surface area contributed by atoms with E-state index in [1.54, 1.807) is 41.4 Å². The van der Waals surface area contributed by atoms with E-state index in [0.717, 1.165) is 52.4 Å². The minimum absolute atomic E-state index is 0.0580. The van der Waals surface area contributed by atoms with E-state index in [1.165, 1.54) is 16.6 Å². The van der Waals surface area contributed by atoms with Gasteiger partial charge in [0.1, 0.15) is 27.5 Å². The lowest BCUT2D eigenvalue weighted by Gasteiger charge is -2.13. The maximum atomic E-state index is 13.8. The maximum absolute atomic E-state index is 13.8. The number of benzene rings is 2. The minimum Gasteiger partial charge on any atom is -0.495 e. The molecule has 7 rings (SSSR count). The van der Waals surface area contributed by atoms with Crippen molar-refractivity contribution in [1.82, 2.24) is 9.55 Å². The third-order valence-corrected chi connectivity index (χ3v) is 9.40. The van der Waals surface area contributed by atoms with Crippen LogP contribution >= 0.6 is 23.1 Å². The largest absolute Gasteiger partial charge is 0.495 e.